The third-order valence-corrected chi connectivity index (χ3v) is 3.06. The van der Waals surface area contributed by atoms with Gasteiger partial charge in [-0.3, -0.25) is 4.79 Å². The van der Waals surface area contributed by atoms with Crippen LogP contribution in [-0.2, 0) is 0 Å². The Hall–Kier alpha value is -2.89. The number of benzene rings is 1. The Labute approximate surface area is 113 Å². The maximum absolute atomic E-state index is 11.9. The summed E-state index contributed by atoms with van der Waals surface area (Å²) >= 11 is 0. The number of aromatic carboxylic acids is 1. The molecule has 0 amide bonds. The number of rotatable bonds is 2. The van der Waals surface area contributed by atoms with Gasteiger partial charge in [0.05, 0.1) is 16.6 Å². The van der Waals surface area contributed by atoms with Gasteiger partial charge in [-0.15, -0.1) is 0 Å². The largest absolute Gasteiger partial charge is 0.478 e. The van der Waals surface area contributed by atoms with E-state index in [-0.39, 0.29) is 11.0 Å². The number of aromatic amines is 2. The van der Waals surface area contributed by atoms with Gasteiger partial charge in [0, 0.05) is 18.0 Å². The first-order valence-electron chi connectivity index (χ1n) is 5.98. The lowest BCUT2D eigenvalue weighted by atomic mass is 10.2. The molecule has 0 unspecified atom stereocenters. The molecule has 0 saturated heterocycles. The third kappa shape index (κ3) is 1.87. The molecule has 3 N–H and O–H groups in total. The summed E-state index contributed by atoms with van der Waals surface area (Å²) in [6.07, 6.45) is 1.57. The van der Waals surface area contributed by atoms with Gasteiger partial charge in [0.1, 0.15) is 11.3 Å². The summed E-state index contributed by atoms with van der Waals surface area (Å²) in [6, 6.07) is 6.31. The van der Waals surface area contributed by atoms with Crippen LogP contribution in [0.1, 0.15) is 16.1 Å². The minimum Gasteiger partial charge on any atom is -0.478 e. The molecule has 0 aliphatic heterocycles. The van der Waals surface area contributed by atoms with Crippen LogP contribution in [0.4, 0.5) is 0 Å². The van der Waals surface area contributed by atoms with Gasteiger partial charge < -0.3 is 15.1 Å². The van der Waals surface area contributed by atoms with E-state index in [1.165, 1.54) is 12.1 Å². The van der Waals surface area contributed by atoms with Crippen LogP contribution in [0.3, 0.4) is 0 Å². The molecule has 0 bridgehead atoms. The molecule has 0 saturated carbocycles. The standard InChI is InChI=1S/C14H11N3O3/c1-7-5-11(18)9(6-15-7)13-16-10-4-2-3-8(14(19)20)12(10)17-13/h2-6H,1H3,(H,15,18)(H,16,17)(H,19,20). The number of pyridine rings is 1. The number of aryl methyl sites for hydroxylation is 1. The lowest BCUT2D eigenvalue weighted by molar-refractivity contribution is 0.0699. The average molecular weight is 269 g/mol. The number of nitrogens with one attached hydrogen (secondary N) is 2. The van der Waals surface area contributed by atoms with E-state index >= 15 is 0 Å². The topological polar surface area (TPSA) is 98.8 Å². The van der Waals surface area contributed by atoms with E-state index in [0.717, 1.165) is 5.69 Å². The number of carboxylic acids is 1. The van der Waals surface area contributed by atoms with Crippen LogP contribution >= 0.6 is 0 Å². The molecule has 6 nitrogen and oxygen atoms in total. The normalized spacial score (nSPS) is 10.8. The van der Waals surface area contributed by atoms with Gasteiger partial charge in [0.15, 0.2) is 5.43 Å². The van der Waals surface area contributed by atoms with Crippen molar-refractivity contribution in [2.24, 2.45) is 0 Å². The molecule has 0 aliphatic carbocycles. The van der Waals surface area contributed by atoms with Crippen molar-refractivity contribution in [3.05, 3.63) is 51.9 Å². The Kier molecular flexibility index (Phi) is 2.64. The molecule has 20 heavy (non-hydrogen) atoms. The van der Waals surface area contributed by atoms with Crippen LogP contribution in [0.2, 0.25) is 0 Å². The number of nitrogens with zero attached hydrogens (tertiary/aromatic N) is 1. The number of carbonyl (C=O) groups is 1. The van der Waals surface area contributed by atoms with Crippen molar-refractivity contribution in [3.63, 3.8) is 0 Å². The molecule has 3 aromatic rings. The van der Waals surface area contributed by atoms with Gasteiger partial charge in [-0.1, -0.05) is 6.07 Å². The predicted molar refractivity (Wildman–Crippen MR) is 73.8 cm³/mol. The van der Waals surface area contributed by atoms with Crippen molar-refractivity contribution < 1.29 is 9.90 Å². The van der Waals surface area contributed by atoms with Crippen molar-refractivity contribution in [3.8, 4) is 11.4 Å². The molecule has 3 rings (SSSR count). The molecule has 0 aliphatic rings. The number of hydrogen-bond donors (Lipinski definition) is 3. The van der Waals surface area contributed by atoms with Gasteiger partial charge in [0.2, 0.25) is 0 Å². The first-order valence-corrected chi connectivity index (χ1v) is 5.98. The van der Waals surface area contributed by atoms with Crippen LogP contribution < -0.4 is 5.43 Å². The number of carboxylic acid groups (broad SMARTS) is 1. The Morgan fingerprint density at radius 2 is 2.15 bits per heavy atom. The lowest BCUT2D eigenvalue weighted by Crippen LogP contribution is -2.05. The maximum atomic E-state index is 11.9. The number of para-hydroxylation sites is 1. The summed E-state index contributed by atoms with van der Waals surface area (Å²) in [5.74, 6) is -0.693. The number of hydrogen-bond acceptors (Lipinski definition) is 3. The number of aromatic nitrogens is 3. The molecule has 6 heteroatoms. The van der Waals surface area contributed by atoms with E-state index < -0.39 is 5.97 Å². The zero-order chi connectivity index (χ0) is 14.3. The van der Waals surface area contributed by atoms with Gasteiger partial charge >= 0.3 is 5.97 Å². The zero-order valence-corrected chi connectivity index (χ0v) is 10.6. The highest BCUT2D eigenvalue weighted by atomic mass is 16.4. The van der Waals surface area contributed by atoms with Crippen molar-refractivity contribution in [2.45, 2.75) is 6.92 Å². The molecule has 2 heterocycles. The molecular weight excluding hydrogens is 258 g/mol. The summed E-state index contributed by atoms with van der Waals surface area (Å²) in [5, 5.41) is 9.13. The quantitative estimate of drug-likeness (QED) is 0.661. The number of fused-ring (bicyclic) bond motifs is 1. The van der Waals surface area contributed by atoms with E-state index in [9.17, 15) is 9.59 Å². The predicted octanol–water partition coefficient (Wildman–Crippen LogP) is 1.92. The highest BCUT2D eigenvalue weighted by molar-refractivity contribution is 6.01. The van der Waals surface area contributed by atoms with Gasteiger partial charge in [0.25, 0.3) is 0 Å². The van der Waals surface area contributed by atoms with Crippen LogP contribution in [-0.4, -0.2) is 26.0 Å². The first kappa shape index (κ1) is 12.2. The second-order valence-corrected chi connectivity index (χ2v) is 4.49. The van der Waals surface area contributed by atoms with Gasteiger partial charge in [-0.2, -0.15) is 0 Å². The molecule has 0 spiro atoms. The van der Waals surface area contributed by atoms with E-state index in [0.29, 0.717) is 22.4 Å². The smallest absolute Gasteiger partial charge is 0.337 e. The lowest BCUT2D eigenvalue weighted by Gasteiger charge is -1.96. The van der Waals surface area contributed by atoms with Crippen molar-refractivity contribution in [1.82, 2.24) is 15.0 Å². The first-order chi connectivity index (χ1) is 9.56. The average Bonchev–Trinajstić information content (AvgIpc) is 2.81. The van der Waals surface area contributed by atoms with Crippen LogP contribution in [0, 0.1) is 6.92 Å². The minimum absolute atomic E-state index is 0.105. The maximum Gasteiger partial charge on any atom is 0.337 e. The van der Waals surface area contributed by atoms with Crippen LogP contribution in [0.5, 0.6) is 0 Å². The Morgan fingerprint density at radius 1 is 1.35 bits per heavy atom. The zero-order valence-electron chi connectivity index (χ0n) is 10.6. The third-order valence-electron chi connectivity index (χ3n) is 3.06. The SMILES string of the molecule is Cc1cc(=O)c(-c2nc3c(C(=O)O)cccc3[nH]2)c[nH]1. The Balaban J connectivity index is 2.26. The van der Waals surface area contributed by atoms with Gasteiger partial charge in [-0.25, -0.2) is 9.78 Å². The number of imidazole rings is 1. The van der Waals surface area contributed by atoms with Gasteiger partial charge in [-0.05, 0) is 19.1 Å². The van der Waals surface area contributed by atoms with Crippen molar-refractivity contribution >= 4 is 17.0 Å². The molecule has 0 radical (unpaired) electrons. The van der Waals surface area contributed by atoms with E-state index in [1.807, 2.05) is 0 Å². The molecule has 0 fully saturated rings. The highest BCUT2D eigenvalue weighted by Crippen LogP contribution is 2.20. The fourth-order valence-corrected chi connectivity index (χ4v) is 2.09. The summed E-state index contributed by atoms with van der Waals surface area (Å²) < 4.78 is 0. The fourth-order valence-electron chi connectivity index (χ4n) is 2.09. The molecule has 2 aromatic heterocycles. The highest BCUT2D eigenvalue weighted by Gasteiger charge is 2.14. The molecule has 100 valence electrons. The summed E-state index contributed by atoms with van der Waals surface area (Å²) in [6.45, 7) is 1.78. The van der Waals surface area contributed by atoms with Crippen molar-refractivity contribution in [2.75, 3.05) is 0 Å². The number of H-pyrrole nitrogens is 2. The second kappa shape index (κ2) is 4.34. The van der Waals surface area contributed by atoms with E-state index in [2.05, 4.69) is 15.0 Å². The molecular formula is C14H11N3O3. The summed E-state index contributed by atoms with van der Waals surface area (Å²) in [5.41, 5.74) is 1.99. The van der Waals surface area contributed by atoms with Crippen LogP contribution in [0.25, 0.3) is 22.4 Å². The fraction of sp³-hybridized carbons (Fsp3) is 0.0714. The monoisotopic (exact) mass is 269 g/mol. The Bertz CT molecular complexity index is 877. The second-order valence-electron chi connectivity index (χ2n) is 4.49. The molecule has 0 atom stereocenters. The van der Waals surface area contributed by atoms with E-state index in [4.69, 9.17) is 5.11 Å². The Morgan fingerprint density at radius 3 is 2.85 bits per heavy atom. The van der Waals surface area contributed by atoms with E-state index in [1.54, 1.807) is 25.3 Å². The van der Waals surface area contributed by atoms with Crippen molar-refractivity contribution in [1.29, 1.82) is 0 Å². The van der Waals surface area contributed by atoms with Crippen LogP contribution in [0.15, 0.2) is 35.3 Å². The minimum atomic E-state index is -1.05. The summed E-state index contributed by atoms with van der Waals surface area (Å²) in [4.78, 5) is 33.2. The summed E-state index contributed by atoms with van der Waals surface area (Å²) in [7, 11) is 0. The molecule has 1 aromatic carbocycles.